The van der Waals surface area contributed by atoms with E-state index in [0.717, 1.165) is 42.2 Å². The zero-order chi connectivity index (χ0) is 13.0. The van der Waals surface area contributed by atoms with Gasteiger partial charge in [-0.2, -0.15) is 0 Å². The minimum atomic E-state index is -0.218. The zero-order valence-corrected chi connectivity index (χ0v) is 10.9. The summed E-state index contributed by atoms with van der Waals surface area (Å²) in [6, 6.07) is 5.80. The summed E-state index contributed by atoms with van der Waals surface area (Å²) in [6.07, 6.45) is 2.26. The molecule has 98 valence electrons. The second kappa shape index (κ2) is 6.18. The monoisotopic (exact) mass is 268 g/mol. The molecular weight excluding hydrogens is 252 g/mol. The number of hydrogen-bond acceptors (Lipinski definition) is 3. The summed E-state index contributed by atoms with van der Waals surface area (Å²) < 4.78 is 5.34. The Morgan fingerprint density at radius 1 is 1.44 bits per heavy atom. The number of benzene rings is 1. The molecule has 1 fully saturated rings. The van der Waals surface area contributed by atoms with Crippen molar-refractivity contribution in [1.29, 1.82) is 0 Å². The van der Waals surface area contributed by atoms with Crippen molar-refractivity contribution in [3.05, 3.63) is 34.3 Å². The van der Waals surface area contributed by atoms with Gasteiger partial charge in [0.05, 0.1) is 6.42 Å². The van der Waals surface area contributed by atoms with Gasteiger partial charge in [-0.25, -0.2) is 5.84 Å². The number of nitrogens with two attached hydrogens (primary N) is 1. The highest BCUT2D eigenvalue weighted by Gasteiger charge is 2.18. The van der Waals surface area contributed by atoms with E-state index in [0.29, 0.717) is 5.92 Å². The van der Waals surface area contributed by atoms with Crippen LogP contribution in [0.2, 0.25) is 5.02 Å². The summed E-state index contributed by atoms with van der Waals surface area (Å²) in [5, 5.41) is 0.726. The first-order chi connectivity index (χ1) is 8.70. The lowest BCUT2D eigenvalue weighted by molar-refractivity contribution is -0.120. The minimum Gasteiger partial charge on any atom is -0.381 e. The summed E-state index contributed by atoms with van der Waals surface area (Å²) in [4.78, 5) is 11.2. The molecule has 1 heterocycles. The van der Waals surface area contributed by atoms with Gasteiger partial charge in [0.15, 0.2) is 0 Å². The third-order valence-electron chi connectivity index (χ3n) is 3.25. The van der Waals surface area contributed by atoms with Gasteiger partial charge in [0, 0.05) is 18.2 Å². The molecule has 0 unspecified atom stereocenters. The van der Waals surface area contributed by atoms with E-state index in [2.05, 4.69) is 5.43 Å². The van der Waals surface area contributed by atoms with Crippen molar-refractivity contribution >= 4 is 17.5 Å². The van der Waals surface area contributed by atoms with Gasteiger partial charge in [0.25, 0.3) is 0 Å². The Balaban J connectivity index is 2.11. The largest absolute Gasteiger partial charge is 0.381 e. The van der Waals surface area contributed by atoms with Crippen LogP contribution in [0.15, 0.2) is 18.2 Å². The van der Waals surface area contributed by atoms with Crippen LogP contribution < -0.4 is 11.3 Å². The lowest BCUT2D eigenvalue weighted by atomic mass is 9.91. The van der Waals surface area contributed by atoms with E-state index in [1.165, 1.54) is 0 Å². The van der Waals surface area contributed by atoms with Crippen LogP contribution in [-0.4, -0.2) is 19.1 Å². The number of carbonyl (C=O) groups is 1. The highest BCUT2D eigenvalue weighted by Crippen LogP contribution is 2.32. The molecule has 1 aromatic carbocycles. The molecule has 1 amide bonds. The van der Waals surface area contributed by atoms with Gasteiger partial charge in [-0.3, -0.25) is 10.2 Å². The number of hydrogen-bond donors (Lipinski definition) is 2. The van der Waals surface area contributed by atoms with E-state index in [-0.39, 0.29) is 12.3 Å². The van der Waals surface area contributed by atoms with Crippen molar-refractivity contribution < 1.29 is 9.53 Å². The van der Waals surface area contributed by atoms with Crippen molar-refractivity contribution in [3.8, 4) is 0 Å². The molecule has 1 aliphatic heterocycles. The number of ether oxygens (including phenoxy) is 1. The molecule has 1 saturated heterocycles. The van der Waals surface area contributed by atoms with Crippen LogP contribution in [0.5, 0.6) is 0 Å². The van der Waals surface area contributed by atoms with Crippen LogP contribution in [-0.2, 0) is 16.0 Å². The highest BCUT2D eigenvalue weighted by molar-refractivity contribution is 6.31. The average molecular weight is 269 g/mol. The smallest absolute Gasteiger partial charge is 0.238 e. The van der Waals surface area contributed by atoms with Gasteiger partial charge in [0.1, 0.15) is 0 Å². The van der Waals surface area contributed by atoms with Gasteiger partial charge >= 0.3 is 0 Å². The van der Waals surface area contributed by atoms with E-state index in [1.807, 2.05) is 18.2 Å². The number of halogens is 1. The second-order valence-corrected chi connectivity index (χ2v) is 4.89. The maximum Gasteiger partial charge on any atom is 0.238 e. The number of carbonyl (C=O) groups excluding carboxylic acids is 1. The minimum absolute atomic E-state index is 0.218. The molecule has 0 radical (unpaired) electrons. The first-order valence-electron chi connectivity index (χ1n) is 6.06. The highest BCUT2D eigenvalue weighted by atomic mass is 35.5. The Labute approximate surface area is 111 Å². The fraction of sp³-hybridized carbons (Fsp3) is 0.462. The topological polar surface area (TPSA) is 64.3 Å². The molecule has 4 nitrogen and oxygen atoms in total. The summed E-state index contributed by atoms with van der Waals surface area (Å²) in [5.41, 5.74) is 4.14. The molecular formula is C13H17ClN2O2. The summed E-state index contributed by atoms with van der Waals surface area (Å²) in [7, 11) is 0. The molecule has 0 aromatic heterocycles. The Morgan fingerprint density at radius 2 is 2.17 bits per heavy atom. The van der Waals surface area contributed by atoms with Gasteiger partial charge < -0.3 is 4.74 Å². The van der Waals surface area contributed by atoms with E-state index < -0.39 is 0 Å². The third-order valence-corrected chi connectivity index (χ3v) is 3.58. The Morgan fingerprint density at radius 3 is 2.78 bits per heavy atom. The van der Waals surface area contributed by atoms with Crippen LogP contribution in [0.4, 0.5) is 0 Å². The fourth-order valence-electron chi connectivity index (χ4n) is 2.26. The third kappa shape index (κ3) is 3.22. The summed E-state index contributed by atoms with van der Waals surface area (Å²) in [5.74, 6) is 5.30. The van der Waals surface area contributed by atoms with Crippen LogP contribution in [0, 0.1) is 0 Å². The van der Waals surface area contributed by atoms with Crippen LogP contribution in [0.25, 0.3) is 0 Å². The van der Waals surface area contributed by atoms with Crippen molar-refractivity contribution in [2.45, 2.75) is 25.2 Å². The Hall–Kier alpha value is -1.10. The molecule has 0 aliphatic carbocycles. The average Bonchev–Trinajstić information content (AvgIpc) is 2.40. The van der Waals surface area contributed by atoms with Crippen molar-refractivity contribution in [3.63, 3.8) is 0 Å². The standard InChI is InChI=1S/C13H17ClN2O2/c14-12-7-9(8-13(17)16-15)1-2-11(12)10-3-5-18-6-4-10/h1-2,7,10H,3-6,8,15H2,(H,16,17). The van der Waals surface area contributed by atoms with E-state index in [4.69, 9.17) is 22.2 Å². The second-order valence-electron chi connectivity index (χ2n) is 4.49. The van der Waals surface area contributed by atoms with Crippen LogP contribution in [0.3, 0.4) is 0 Å². The lowest BCUT2D eigenvalue weighted by Crippen LogP contribution is -2.31. The van der Waals surface area contributed by atoms with Gasteiger partial charge in [-0.15, -0.1) is 0 Å². The predicted molar refractivity (Wildman–Crippen MR) is 70.3 cm³/mol. The maximum atomic E-state index is 11.2. The summed E-state index contributed by atoms with van der Waals surface area (Å²) in [6.45, 7) is 1.58. The molecule has 5 heteroatoms. The SMILES string of the molecule is NNC(=O)Cc1ccc(C2CCOCC2)c(Cl)c1. The van der Waals surface area contributed by atoms with Crippen LogP contribution in [0.1, 0.15) is 29.9 Å². The number of rotatable bonds is 3. The lowest BCUT2D eigenvalue weighted by Gasteiger charge is -2.23. The molecule has 0 atom stereocenters. The molecule has 0 saturated carbocycles. The molecule has 18 heavy (non-hydrogen) atoms. The molecule has 0 spiro atoms. The molecule has 3 N–H and O–H groups in total. The van der Waals surface area contributed by atoms with E-state index in [1.54, 1.807) is 0 Å². The molecule has 0 bridgehead atoms. The van der Waals surface area contributed by atoms with Gasteiger partial charge in [-0.1, -0.05) is 23.7 Å². The first kappa shape index (κ1) is 13.3. The van der Waals surface area contributed by atoms with Crippen molar-refractivity contribution in [1.82, 2.24) is 5.43 Å². The maximum absolute atomic E-state index is 11.2. The van der Waals surface area contributed by atoms with E-state index in [9.17, 15) is 4.79 Å². The Bertz CT molecular complexity index is 431. The molecule has 2 rings (SSSR count). The first-order valence-corrected chi connectivity index (χ1v) is 6.44. The van der Waals surface area contributed by atoms with Crippen LogP contribution >= 0.6 is 11.6 Å². The quantitative estimate of drug-likeness (QED) is 0.499. The molecule has 1 aromatic rings. The normalized spacial score (nSPS) is 16.6. The van der Waals surface area contributed by atoms with Gasteiger partial charge in [0.2, 0.25) is 5.91 Å². The number of amides is 1. The number of nitrogens with one attached hydrogen (secondary N) is 1. The Kier molecular flexibility index (Phi) is 4.58. The van der Waals surface area contributed by atoms with Crippen molar-refractivity contribution in [2.75, 3.05) is 13.2 Å². The zero-order valence-electron chi connectivity index (χ0n) is 10.1. The van der Waals surface area contributed by atoms with Gasteiger partial charge in [-0.05, 0) is 36.0 Å². The fourth-order valence-corrected chi connectivity index (χ4v) is 2.61. The molecule has 1 aliphatic rings. The van der Waals surface area contributed by atoms with E-state index >= 15 is 0 Å². The van der Waals surface area contributed by atoms with Crippen molar-refractivity contribution in [2.24, 2.45) is 5.84 Å². The number of hydrazine groups is 1. The predicted octanol–water partition coefficient (Wildman–Crippen LogP) is 1.77. The summed E-state index contributed by atoms with van der Waals surface area (Å²) >= 11 is 6.29.